The summed E-state index contributed by atoms with van der Waals surface area (Å²) >= 11 is 7.58. The normalized spacial score (nSPS) is 16.2. The maximum atomic E-state index is 15.3. The van der Waals surface area contributed by atoms with Crippen molar-refractivity contribution in [2.75, 3.05) is 21.3 Å². The van der Waals surface area contributed by atoms with Gasteiger partial charge in [0.05, 0.1) is 0 Å². The van der Waals surface area contributed by atoms with Crippen LogP contribution in [0.15, 0.2) is 73.8 Å². The first kappa shape index (κ1) is 48.8. The average Bonchev–Trinajstić information content (AvgIpc) is 3.99. The Bertz CT molecular complexity index is 2260. The molecule has 0 spiro atoms. The number of halogens is 10. The summed E-state index contributed by atoms with van der Waals surface area (Å²) in [5.74, 6) is 1.43. The van der Waals surface area contributed by atoms with Gasteiger partial charge in [0.15, 0.2) is 0 Å². The Balaban J connectivity index is 1.69. The summed E-state index contributed by atoms with van der Waals surface area (Å²) in [6.45, 7) is 0. The van der Waals surface area contributed by atoms with E-state index in [1.807, 2.05) is 0 Å². The van der Waals surface area contributed by atoms with E-state index in [9.17, 15) is 36.7 Å². The van der Waals surface area contributed by atoms with Crippen molar-refractivity contribution in [2.24, 2.45) is 21.9 Å². The third-order valence-electron chi connectivity index (χ3n) is 8.68. The lowest BCUT2D eigenvalue weighted by Crippen LogP contribution is -2.54. The van der Waals surface area contributed by atoms with Crippen LogP contribution in [0.25, 0.3) is 0 Å². The summed E-state index contributed by atoms with van der Waals surface area (Å²) in [6, 6.07) is 5.82. The van der Waals surface area contributed by atoms with Crippen molar-refractivity contribution >= 4 is 87.4 Å². The molecule has 0 saturated heterocycles. The van der Waals surface area contributed by atoms with E-state index in [1.165, 1.54) is 6.07 Å². The first-order valence-electron chi connectivity index (χ1n) is 16.1. The first-order valence-corrected chi connectivity index (χ1v) is 21.8. The minimum atomic E-state index is -5.20. The second-order valence-corrected chi connectivity index (χ2v) is 19.7. The van der Waals surface area contributed by atoms with Gasteiger partial charge in [-0.15, -0.1) is 10.2 Å². The van der Waals surface area contributed by atoms with Gasteiger partial charge in [-0.05, 0) is 64.0 Å². The van der Waals surface area contributed by atoms with Crippen LogP contribution in [0.3, 0.4) is 0 Å². The second kappa shape index (κ2) is 18.2. The molecule has 6 N–H and O–H groups in total. The fourth-order valence-corrected chi connectivity index (χ4v) is 9.83. The molecule has 1 unspecified atom stereocenters. The van der Waals surface area contributed by atoms with Crippen molar-refractivity contribution in [3.63, 3.8) is 0 Å². The third-order valence-corrected chi connectivity index (χ3v) is 14.2. The molecule has 3 amide bonds. The first-order chi connectivity index (χ1) is 27.3. The van der Waals surface area contributed by atoms with Gasteiger partial charge in [-0.25, -0.2) is 10.5 Å². The van der Waals surface area contributed by atoms with E-state index in [0.29, 0.717) is 7.11 Å². The molecule has 0 aliphatic carbocycles. The number of hydrogen-bond donors (Lipinski definition) is 4. The number of amides is 3. The molecule has 3 aromatic rings. The molecule has 0 radical (unpaired) electrons. The van der Waals surface area contributed by atoms with Crippen molar-refractivity contribution < 1.29 is 72.4 Å². The maximum absolute atomic E-state index is 15.3. The van der Waals surface area contributed by atoms with Crippen LogP contribution in [0, 0.1) is 3.57 Å². The summed E-state index contributed by atoms with van der Waals surface area (Å²) in [6.07, 6.45) is -5.93. The molecule has 1 aliphatic heterocycles. The van der Waals surface area contributed by atoms with Crippen LogP contribution in [-0.4, -0.2) is 57.3 Å². The minimum Gasteiger partial charge on any atom is -0.368 e. The fraction of sp³-hybridized carbons (Fsp3) is 0.344. The quantitative estimate of drug-likeness (QED) is 0.0418. The Labute approximate surface area is 360 Å². The van der Waals surface area contributed by atoms with Gasteiger partial charge in [-0.3, -0.25) is 23.5 Å². The molecule has 3 aromatic carbocycles. The largest absolute Gasteiger partial charge is 0.442 e. The zero-order chi connectivity index (χ0) is 44.5. The van der Waals surface area contributed by atoms with Crippen molar-refractivity contribution in [1.29, 1.82) is 0 Å². The highest BCUT2D eigenvalue weighted by Crippen LogP contribution is 2.67. The van der Waals surface area contributed by atoms with Gasteiger partial charge in [0.1, 0.15) is 12.1 Å². The van der Waals surface area contributed by atoms with Crippen molar-refractivity contribution in [3.8, 4) is 0 Å². The zero-order valence-corrected chi connectivity index (χ0v) is 37.3. The lowest BCUT2D eigenvalue weighted by Gasteiger charge is -2.26. The maximum Gasteiger partial charge on any atom is 0.442 e. The standard InChI is InChI=1S/C32H30Br2F7IN6O9P2/c1-54-58(52,55-2)30(35,36)20-6-5-16(9-22(20)33)11-25(46-27(50)17-12-18(14-19(42)13-17)29(47-48-29)32(39,40)41)28(51)45-24(26(43)49)10-15-4-7-21(23(34)8-15)31(37,38)59(53,56-3)57-44/h4-9,12-14,24-25H,10-11,44H2,1-3H3,(H2,43,49)(H,45,51)(H,46,50)/t24-,25-,59?/m0/s1. The Morgan fingerprint density at radius 2 is 1.25 bits per heavy atom. The van der Waals surface area contributed by atoms with E-state index in [1.54, 1.807) is 22.6 Å². The lowest BCUT2D eigenvalue weighted by molar-refractivity contribution is -0.166. The molecule has 0 aromatic heterocycles. The molecule has 0 saturated carbocycles. The Morgan fingerprint density at radius 1 is 0.780 bits per heavy atom. The Morgan fingerprint density at radius 3 is 1.66 bits per heavy atom. The minimum absolute atomic E-state index is 0.0716. The van der Waals surface area contributed by atoms with E-state index < -0.39 is 97.7 Å². The predicted octanol–water partition coefficient (Wildman–Crippen LogP) is 7.87. The van der Waals surface area contributed by atoms with Gasteiger partial charge >= 0.3 is 38.4 Å². The number of rotatable bonds is 18. The summed E-state index contributed by atoms with van der Waals surface area (Å²) < 4.78 is 144. The summed E-state index contributed by atoms with van der Waals surface area (Å²) in [4.78, 5) is 40.2. The Kier molecular flexibility index (Phi) is 15.1. The number of hydrogen-bond acceptors (Lipinski definition) is 12. The van der Waals surface area contributed by atoms with Crippen molar-refractivity contribution in [2.45, 2.75) is 48.1 Å². The SMILES string of the molecule is COP(=O)(OC)C(F)(F)c1ccc(C[C@H](NC(=O)c2cc(I)cc(C3(C(F)(F)F)N=N3)c2)C(=O)N[C@@H](Cc2ccc(C(F)(F)P(=O)(OC)ON)c(Br)c2)C(N)=O)cc1Br. The van der Waals surface area contributed by atoms with Crippen LogP contribution in [0.2, 0.25) is 0 Å². The molecular formula is C32H30Br2F7IN6O9P2. The number of carbonyl (C=O) groups is 3. The topological polar surface area (TPSA) is 223 Å². The molecule has 1 aliphatic rings. The molecule has 4 rings (SSSR count). The molecule has 1 heterocycles. The predicted molar refractivity (Wildman–Crippen MR) is 209 cm³/mol. The smallest absolute Gasteiger partial charge is 0.368 e. The average molecular weight is 1120 g/mol. The highest BCUT2D eigenvalue weighted by atomic mass is 127. The molecule has 322 valence electrons. The van der Waals surface area contributed by atoms with Crippen LogP contribution in [-0.2, 0) is 66.7 Å². The van der Waals surface area contributed by atoms with E-state index in [2.05, 4.69) is 70.9 Å². The Hall–Kier alpha value is -2.87. The molecule has 0 bridgehead atoms. The van der Waals surface area contributed by atoms with Crippen LogP contribution < -0.4 is 22.3 Å². The van der Waals surface area contributed by atoms with E-state index >= 15 is 17.6 Å². The van der Waals surface area contributed by atoms with Crippen LogP contribution >= 0.6 is 69.6 Å². The van der Waals surface area contributed by atoms with Crippen LogP contribution in [0.1, 0.15) is 38.2 Å². The van der Waals surface area contributed by atoms with Gasteiger partial charge in [0, 0.05) is 68.9 Å². The van der Waals surface area contributed by atoms with E-state index in [4.69, 9.17) is 11.6 Å². The summed E-state index contributed by atoms with van der Waals surface area (Å²) in [5.41, 5.74) is -8.22. The molecule has 0 fully saturated rings. The number of benzene rings is 3. The molecule has 59 heavy (non-hydrogen) atoms. The van der Waals surface area contributed by atoms with Gasteiger partial charge in [0.2, 0.25) is 11.8 Å². The molecular weight excluding hydrogens is 1090 g/mol. The highest BCUT2D eigenvalue weighted by Gasteiger charge is 2.65. The van der Waals surface area contributed by atoms with Gasteiger partial charge < -0.3 is 29.9 Å². The van der Waals surface area contributed by atoms with Crippen LogP contribution in [0.4, 0.5) is 30.7 Å². The summed E-state index contributed by atoms with van der Waals surface area (Å²) in [5, 5.41) is 11.0. The van der Waals surface area contributed by atoms with Crippen molar-refractivity contribution in [3.05, 3.63) is 100 Å². The zero-order valence-electron chi connectivity index (χ0n) is 30.2. The number of nitrogens with zero attached hydrogens (tertiary/aromatic N) is 2. The molecule has 15 nitrogen and oxygen atoms in total. The van der Waals surface area contributed by atoms with Gasteiger partial charge in [-0.1, -0.05) is 56.1 Å². The van der Waals surface area contributed by atoms with Crippen molar-refractivity contribution in [1.82, 2.24) is 10.6 Å². The van der Waals surface area contributed by atoms with E-state index in [0.717, 1.165) is 62.8 Å². The molecule has 27 heteroatoms. The van der Waals surface area contributed by atoms with Gasteiger partial charge in [-0.2, -0.15) is 30.7 Å². The third kappa shape index (κ3) is 9.94. The second-order valence-electron chi connectivity index (χ2n) is 12.4. The van der Waals surface area contributed by atoms with Crippen LogP contribution in [0.5, 0.6) is 0 Å². The van der Waals surface area contributed by atoms with Gasteiger partial charge in [0.25, 0.3) is 5.91 Å². The number of nitrogens with one attached hydrogen (secondary N) is 2. The number of alkyl halides is 7. The number of nitrogens with two attached hydrogens (primary N) is 2. The summed E-state index contributed by atoms with van der Waals surface area (Å²) in [7, 11) is -8.03. The monoisotopic (exact) mass is 1120 g/mol. The number of primary amides is 1. The molecule has 3 atom stereocenters. The lowest BCUT2D eigenvalue weighted by atomic mass is 9.99. The number of carbonyl (C=O) groups excluding carboxylic acids is 3. The fourth-order valence-electron chi connectivity index (χ4n) is 5.46. The highest BCUT2D eigenvalue weighted by molar-refractivity contribution is 14.1. The van der Waals surface area contributed by atoms with E-state index in [-0.39, 0.29) is 29.2 Å².